The fourth-order valence-electron chi connectivity index (χ4n) is 2.41. The summed E-state index contributed by atoms with van der Waals surface area (Å²) in [4.78, 5) is 39.8. The Morgan fingerprint density at radius 2 is 2.00 bits per heavy atom. The summed E-state index contributed by atoms with van der Waals surface area (Å²) in [5.41, 5.74) is -0.123. The zero-order valence-electron chi connectivity index (χ0n) is 17.6. The largest absolute Gasteiger partial charge is 0.493 e. The lowest BCUT2D eigenvalue weighted by atomic mass is 10.2. The minimum atomic E-state index is -0.933. The summed E-state index contributed by atoms with van der Waals surface area (Å²) in [6.07, 6.45) is 3.28. The standard InChI is InChI=1S/C20H28N2O8/c1-12(9-27-10-15-5-6-15)30-20(25)13(2)22-19(24)17-18(29-11-28-14(3)23)16(26-4)7-8-21-17/h7-8,12-13,15H,5-6,9-11H2,1-4H3,(H,22,24)/t12-,13-/m0/s1. The predicted octanol–water partition coefficient (Wildman–Crippen LogP) is 1.47. The third kappa shape index (κ3) is 7.51. The van der Waals surface area contributed by atoms with Gasteiger partial charge in [0, 0.05) is 25.8 Å². The van der Waals surface area contributed by atoms with Gasteiger partial charge in [0.1, 0.15) is 12.1 Å². The molecule has 166 valence electrons. The van der Waals surface area contributed by atoms with Gasteiger partial charge in [0.15, 0.2) is 17.2 Å². The average Bonchev–Trinajstić information content (AvgIpc) is 3.51. The number of pyridine rings is 1. The van der Waals surface area contributed by atoms with Gasteiger partial charge in [0.05, 0.1) is 13.7 Å². The van der Waals surface area contributed by atoms with Crippen molar-refractivity contribution in [3.05, 3.63) is 18.0 Å². The van der Waals surface area contributed by atoms with Crippen molar-refractivity contribution in [1.29, 1.82) is 0 Å². The second-order valence-corrected chi connectivity index (χ2v) is 7.01. The highest BCUT2D eigenvalue weighted by Crippen LogP contribution is 2.30. The van der Waals surface area contributed by atoms with Crippen molar-refractivity contribution in [1.82, 2.24) is 10.3 Å². The number of hydrogen-bond acceptors (Lipinski definition) is 9. The Morgan fingerprint density at radius 3 is 2.63 bits per heavy atom. The van der Waals surface area contributed by atoms with Crippen molar-refractivity contribution in [2.45, 2.75) is 45.8 Å². The van der Waals surface area contributed by atoms with Crippen LogP contribution in [-0.4, -0.2) is 62.1 Å². The fourth-order valence-corrected chi connectivity index (χ4v) is 2.41. The molecular formula is C20H28N2O8. The van der Waals surface area contributed by atoms with Crippen molar-refractivity contribution in [3.63, 3.8) is 0 Å². The van der Waals surface area contributed by atoms with E-state index < -0.39 is 36.8 Å². The van der Waals surface area contributed by atoms with Crippen molar-refractivity contribution >= 4 is 17.8 Å². The number of ether oxygens (including phenoxy) is 5. The van der Waals surface area contributed by atoms with Crippen LogP contribution in [0.25, 0.3) is 0 Å². The molecule has 30 heavy (non-hydrogen) atoms. The van der Waals surface area contributed by atoms with E-state index in [0.717, 1.165) is 0 Å². The number of amides is 1. The third-order valence-electron chi connectivity index (χ3n) is 4.19. The molecular weight excluding hydrogens is 396 g/mol. The summed E-state index contributed by atoms with van der Waals surface area (Å²) >= 11 is 0. The Labute approximate surface area is 175 Å². The number of methoxy groups -OCH3 is 1. The SMILES string of the molecule is COc1ccnc(C(=O)N[C@@H](C)C(=O)O[C@@H](C)COCC2CC2)c1OCOC(C)=O. The first-order chi connectivity index (χ1) is 14.3. The monoisotopic (exact) mass is 424 g/mol. The molecule has 0 aliphatic heterocycles. The van der Waals surface area contributed by atoms with Crippen molar-refractivity contribution in [2.75, 3.05) is 27.1 Å². The van der Waals surface area contributed by atoms with Gasteiger partial charge >= 0.3 is 11.9 Å². The van der Waals surface area contributed by atoms with Gasteiger partial charge in [-0.3, -0.25) is 9.59 Å². The number of rotatable bonds is 12. The van der Waals surface area contributed by atoms with E-state index in [9.17, 15) is 14.4 Å². The first-order valence-corrected chi connectivity index (χ1v) is 9.70. The van der Waals surface area contributed by atoms with Gasteiger partial charge in [0.25, 0.3) is 5.91 Å². The maximum Gasteiger partial charge on any atom is 0.328 e. The molecule has 1 aliphatic carbocycles. The summed E-state index contributed by atoms with van der Waals surface area (Å²) in [5, 5.41) is 2.52. The van der Waals surface area contributed by atoms with E-state index in [1.165, 1.54) is 46.1 Å². The maximum absolute atomic E-state index is 12.6. The minimum Gasteiger partial charge on any atom is -0.493 e. The lowest BCUT2D eigenvalue weighted by Crippen LogP contribution is -2.41. The predicted molar refractivity (Wildman–Crippen MR) is 104 cm³/mol. The zero-order chi connectivity index (χ0) is 22.1. The van der Waals surface area contributed by atoms with Gasteiger partial charge in [-0.25, -0.2) is 9.78 Å². The fraction of sp³-hybridized carbons (Fsp3) is 0.600. The number of nitrogens with one attached hydrogen (secondary N) is 1. The molecule has 1 amide bonds. The molecule has 1 saturated carbocycles. The van der Waals surface area contributed by atoms with Crippen LogP contribution in [0.15, 0.2) is 12.3 Å². The Kier molecular flexibility index (Phi) is 8.85. The van der Waals surface area contributed by atoms with Gasteiger partial charge < -0.3 is 29.0 Å². The number of carbonyl (C=O) groups is 3. The number of esters is 2. The van der Waals surface area contributed by atoms with E-state index >= 15 is 0 Å². The van der Waals surface area contributed by atoms with Crippen LogP contribution in [0.5, 0.6) is 11.5 Å². The summed E-state index contributed by atoms with van der Waals surface area (Å²) in [5.74, 6) is -0.987. The maximum atomic E-state index is 12.6. The van der Waals surface area contributed by atoms with Crippen LogP contribution in [0.2, 0.25) is 0 Å². The molecule has 1 fully saturated rings. The van der Waals surface area contributed by atoms with E-state index in [2.05, 4.69) is 10.3 Å². The van der Waals surface area contributed by atoms with Crippen LogP contribution in [-0.2, 0) is 23.8 Å². The summed E-state index contributed by atoms with van der Waals surface area (Å²) in [6.45, 7) is 5.00. The molecule has 0 spiro atoms. The lowest BCUT2D eigenvalue weighted by Gasteiger charge is -2.18. The molecule has 0 bridgehead atoms. The van der Waals surface area contributed by atoms with Crippen LogP contribution < -0.4 is 14.8 Å². The molecule has 2 rings (SSSR count). The average molecular weight is 424 g/mol. The first kappa shape index (κ1) is 23.4. The van der Waals surface area contributed by atoms with Gasteiger partial charge in [-0.2, -0.15) is 0 Å². The molecule has 2 atom stereocenters. The Bertz CT molecular complexity index is 750. The zero-order valence-corrected chi connectivity index (χ0v) is 17.6. The third-order valence-corrected chi connectivity index (χ3v) is 4.19. The highest BCUT2D eigenvalue weighted by atomic mass is 16.7. The number of carbonyl (C=O) groups excluding carboxylic acids is 3. The smallest absolute Gasteiger partial charge is 0.328 e. The van der Waals surface area contributed by atoms with E-state index in [-0.39, 0.29) is 17.2 Å². The molecule has 1 heterocycles. The topological polar surface area (TPSA) is 122 Å². The molecule has 0 saturated heterocycles. The van der Waals surface area contributed by atoms with Gasteiger partial charge in [-0.1, -0.05) is 0 Å². The normalized spacial score (nSPS) is 14.9. The Hall–Kier alpha value is -2.88. The van der Waals surface area contributed by atoms with Crippen LogP contribution in [0.3, 0.4) is 0 Å². The highest BCUT2D eigenvalue weighted by molar-refractivity contribution is 5.98. The van der Waals surface area contributed by atoms with E-state index in [0.29, 0.717) is 19.1 Å². The molecule has 0 aromatic carbocycles. The van der Waals surface area contributed by atoms with Crippen molar-refractivity contribution in [3.8, 4) is 11.5 Å². The van der Waals surface area contributed by atoms with E-state index in [1.807, 2.05) is 0 Å². The number of nitrogens with zero attached hydrogens (tertiary/aromatic N) is 1. The molecule has 10 nitrogen and oxygen atoms in total. The molecule has 0 radical (unpaired) electrons. The molecule has 1 aliphatic rings. The van der Waals surface area contributed by atoms with Gasteiger partial charge in [-0.05, 0) is 32.6 Å². The van der Waals surface area contributed by atoms with Crippen molar-refractivity contribution in [2.24, 2.45) is 5.92 Å². The molecule has 10 heteroatoms. The number of hydrogen-bond donors (Lipinski definition) is 1. The summed E-state index contributed by atoms with van der Waals surface area (Å²) in [6, 6.07) is 0.554. The second kappa shape index (κ2) is 11.3. The lowest BCUT2D eigenvalue weighted by molar-refractivity contribution is -0.153. The number of aromatic nitrogens is 1. The van der Waals surface area contributed by atoms with Crippen LogP contribution >= 0.6 is 0 Å². The Balaban J connectivity index is 1.92. The second-order valence-electron chi connectivity index (χ2n) is 7.01. The minimum absolute atomic E-state index is 0.0128. The van der Waals surface area contributed by atoms with Gasteiger partial charge in [0.2, 0.25) is 6.79 Å². The van der Waals surface area contributed by atoms with Crippen molar-refractivity contribution < 1.29 is 38.1 Å². The quantitative estimate of drug-likeness (QED) is 0.392. The van der Waals surface area contributed by atoms with E-state index in [1.54, 1.807) is 6.92 Å². The summed E-state index contributed by atoms with van der Waals surface area (Å²) < 4.78 is 26.1. The highest BCUT2D eigenvalue weighted by Gasteiger charge is 2.25. The van der Waals surface area contributed by atoms with Crippen LogP contribution in [0, 0.1) is 5.92 Å². The van der Waals surface area contributed by atoms with Gasteiger partial charge in [-0.15, -0.1) is 0 Å². The van der Waals surface area contributed by atoms with Crippen LogP contribution in [0.1, 0.15) is 44.1 Å². The summed E-state index contributed by atoms with van der Waals surface area (Å²) in [7, 11) is 1.39. The molecule has 1 aromatic heterocycles. The Morgan fingerprint density at radius 1 is 1.27 bits per heavy atom. The molecule has 1 N–H and O–H groups in total. The van der Waals surface area contributed by atoms with E-state index in [4.69, 9.17) is 23.7 Å². The molecule has 0 unspecified atom stereocenters. The first-order valence-electron chi connectivity index (χ1n) is 9.70. The van der Waals surface area contributed by atoms with Crippen LogP contribution in [0.4, 0.5) is 0 Å². The molecule has 1 aromatic rings.